The van der Waals surface area contributed by atoms with Gasteiger partial charge in [0, 0.05) is 37.8 Å². The van der Waals surface area contributed by atoms with Gasteiger partial charge in [0.25, 0.3) is 5.91 Å². The van der Waals surface area contributed by atoms with E-state index < -0.39 is 5.60 Å². The molecule has 1 aliphatic rings. The van der Waals surface area contributed by atoms with E-state index in [2.05, 4.69) is 34.3 Å². The van der Waals surface area contributed by atoms with Crippen LogP contribution in [-0.2, 0) is 5.60 Å². The first-order valence-electron chi connectivity index (χ1n) is 10.2. The number of hydrogen-bond donors (Lipinski definition) is 2. The molecule has 2 aromatic carbocycles. The van der Waals surface area contributed by atoms with Gasteiger partial charge in [-0.05, 0) is 37.5 Å². The van der Waals surface area contributed by atoms with Gasteiger partial charge in [-0.3, -0.25) is 9.78 Å². The zero-order chi connectivity index (χ0) is 20.3. The number of pyridine rings is 1. The number of aromatic nitrogens is 1. The van der Waals surface area contributed by atoms with Gasteiger partial charge in [-0.1, -0.05) is 48.0 Å². The Morgan fingerprint density at radius 2 is 1.83 bits per heavy atom. The summed E-state index contributed by atoms with van der Waals surface area (Å²) in [5.74, 6) is -0.0949. The number of nitrogens with one attached hydrogen (secondary N) is 1. The van der Waals surface area contributed by atoms with Crippen LogP contribution in [-0.4, -0.2) is 47.1 Å². The molecule has 0 saturated carbocycles. The third kappa shape index (κ3) is 4.31. The van der Waals surface area contributed by atoms with E-state index in [0.717, 1.165) is 36.1 Å². The third-order valence-corrected chi connectivity index (χ3v) is 5.86. The van der Waals surface area contributed by atoms with Crippen molar-refractivity contribution in [3.8, 4) is 0 Å². The molecule has 4 rings (SSSR count). The topological polar surface area (TPSA) is 65.5 Å². The van der Waals surface area contributed by atoms with E-state index in [1.807, 2.05) is 42.5 Å². The molecule has 2 N–H and O–H groups in total. The molecule has 0 unspecified atom stereocenters. The second kappa shape index (κ2) is 8.31. The summed E-state index contributed by atoms with van der Waals surface area (Å²) in [5, 5.41) is 15.0. The normalized spacial score (nSPS) is 16.6. The van der Waals surface area contributed by atoms with Crippen molar-refractivity contribution in [2.24, 2.45) is 0 Å². The predicted molar refractivity (Wildman–Crippen MR) is 115 cm³/mol. The molecule has 0 spiro atoms. The number of aliphatic hydroxyl groups is 1. The maximum Gasteiger partial charge on any atom is 0.253 e. The van der Waals surface area contributed by atoms with Crippen LogP contribution >= 0.6 is 0 Å². The van der Waals surface area contributed by atoms with Gasteiger partial charge in [-0.15, -0.1) is 0 Å². The maximum absolute atomic E-state index is 12.6. The summed E-state index contributed by atoms with van der Waals surface area (Å²) in [6.45, 7) is 5.03. The molecule has 150 valence electrons. The van der Waals surface area contributed by atoms with Gasteiger partial charge in [-0.25, -0.2) is 0 Å². The van der Waals surface area contributed by atoms with Crippen molar-refractivity contribution in [2.75, 3.05) is 26.2 Å². The number of rotatable bonds is 5. The summed E-state index contributed by atoms with van der Waals surface area (Å²) in [7, 11) is 0. The number of likely N-dealkylation sites (tertiary alicyclic amines) is 1. The van der Waals surface area contributed by atoms with E-state index >= 15 is 0 Å². The van der Waals surface area contributed by atoms with Gasteiger partial charge < -0.3 is 15.3 Å². The largest absolute Gasteiger partial charge is 0.385 e. The Hall–Kier alpha value is -2.76. The number of carbonyl (C=O) groups is 1. The molecule has 2 heterocycles. The van der Waals surface area contributed by atoms with Crippen molar-refractivity contribution < 1.29 is 9.90 Å². The standard InChI is InChI=1S/C24H27N3O2/c1-18-7-9-20(10-8-18)24(29)11-15-27(16-12-24)17-14-26-23(28)21-6-2-4-19-5-3-13-25-22(19)21/h2-10,13,29H,11-12,14-17H2,1H3,(H,26,28). The molecule has 0 radical (unpaired) electrons. The first-order valence-corrected chi connectivity index (χ1v) is 10.2. The van der Waals surface area contributed by atoms with E-state index in [1.54, 1.807) is 6.20 Å². The Morgan fingerprint density at radius 1 is 1.10 bits per heavy atom. The molecule has 5 heteroatoms. The number of amides is 1. The van der Waals surface area contributed by atoms with E-state index in [1.165, 1.54) is 5.56 Å². The monoisotopic (exact) mass is 389 g/mol. The van der Waals surface area contributed by atoms with E-state index in [9.17, 15) is 9.90 Å². The van der Waals surface area contributed by atoms with Crippen LogP contribution < -0.4 is 5.32 Å². The number of carbonyl (C=O) groups excluding carboxylic acids is 1. The number of piperidine rings is 1. The molecule has 1 fully saturated rings. The number of aryl methyl sites for hydroxylation is 1. The minimum atomic E-state index is -0.748. The average molecular weight is 389 g/mol. The quantitative estimate of drug-likeness (QED) is 0.703. The molecule has 1 amide bonds. The van der Waals surface area contributed by atoms with Gasteiger partial charge in [0.05, 0.1) is 16.7 Å². The highest BCUT2D eigenvalue weighted by molar-refractivity contribution is 6.05. The number of hydrogen-bond acceptors (Lipinski definition) is 4. The molecule has 0 atom stereocenters. The van der Waals surface area contributed by atoms with Crippen molar-refractivity contribution >= 4 is 16.8 Å². The van der Waals surface area contributed by atoms with E-state index in [4.69, 9.17) is 0 Å². The number of benzene rings is 2. The molecule has 29 heavy (non-hydrogen) atoms. The number of fused-ring (bicyclic) bond motifs is 1. The van der Waals surface area contributed by atoms with Crippen LogP contribution in [0.5, 0.6) is 0 Å². The predicted octanol–water partition coefficient (Wildman–Crippen LogP) is 3.26. The second-order valence-corrected chi connectivity index (χ2v) is 7.88. The van der Waals surface area contributed by atoms with Crippen molar-refractivity contribution in [1.29, 1.82) is 0 Å². The van der Waals surface area contributed by atoms with Crippen molar-refractivity contribution in [2.45, 2.75) is 25.4 Å². The van der Waals surface area contributed by atoms with Crippen molar-refractivity contribution in [3.05, 3.63) is 77.5 Å². The molecule has 1 aliphatic heterocycles. The Labute approximate surface area is 171 Å². The van der Waals surface area contributed by atoms with Crippen LogP contribution in [0.25, 0.3) is 10.9 Å². The summed E-state index contributed by atoms with van der Waals surface area (Å²) in [6, 6.07) is 17.7. The fourth-order valence-corrected chi connectivity index (χ4v) is 4.01. The van der Waals surface area contributed by atoms with Crippen LogP contribution in [0, 0.1) is 6.92 Å². The van der Waals surface area contributed by atoms with E-state index in [0.29, 0.717) is 24.9 Å². The lowest BCUT2D eigenvalue weighted by Crippen LogP contribution is -2.45. The lowest BCUT2D eigenvalue weighted by molar-refractivity contribution is -0.0255. The van der Waals surface area contributed by atoms with Crippen molar-refractivity contribution in [3.63, 3.8) is 0 Å². The molecular weight excluding hydrogens is 362 g/mol. The zero-order valence-corrected chi connectivity index (χ0v) is 16.8. The summed E-state index contributed by atoms with van der Waals surface area (Å²) >= 11 is 0. The Kier molecular flexibility index (Phi) is 5.60. The highest BCUT2D eigenvalue weighted by atomic mass is 16.3. The fourth-order valence-electron chi connectivity index (χ4n) is 4.01. The van der Waals surface area contributed by atoms with Gasteiger partial charge in [-0.2, -0.15) is 0 Å². The SMILES string of the molecule is Cc1ccc(C2(O)CCN(CCNC(=O)c3cccc4cccnc34)CC2)cc1. The third-order valence-electron chi connectivity index (χ3n) is 5.86. The fraction of sp³-hybridized carbons (Fsp3) is 0.333. The lowest BCUT2D eigenvalue weighted by Gasteiger charge is -2.38. The average Bonchev–Trinajstić information content (AvgIpc) is 2.75. The van der Waals surface area contributed by atoms with Crippen LogP contribution in [0.1, 0.15) is 34.3 Å². The van der Waals surface area contributed by atoms with Crippen LogP contribution in [0.15, 0.2) is 60.8 Å². The molecule has 0 aliphatic carbocycles. The lowest BCUT2D eigenvalue weighted by atomic mass is 9.84. The summed E-state index contributed by atoms with van der Waals surface area (Å²) in [6.07, 6.45) is 3.12. The van der Waals surface area contributed by atoms with E-state index in [-0.39, 0.29) is 5.91 Å². The first kappa shape index (κ1) is 19.6. The van der Waals surface area contributed by atoms with Gasteiger partial charge in [0.2, 0.25) is 0 Å². The Balaban J connectivity index is 1.29. The zero-order valence-electron chi connectivity index (χ0n) is 16.8. The molecule has 5 nitrogen and oxygen atoms in total. The summed E-state index contributed by atoms with van der Waals surface area (Å²) in [5.41, 5.74) is 2.79. The smallest absolute Gasteiger partial charge is 0.253 e. The summed E-state index contributed by atoms with van der Waals surface area (Å²) < 4.78 is 0. The van der Waals surface area contributed by atoms with Crippen LogP contribution in [0.4, 0.5) is 0 Å². The molecule has 0 bridgehead atoms. The first-order chi connectivity index (χ1) is 14.0. The van der Waals surface area contributed by atoms with Gasteiger partial charge in [0.15, 0.2) is 0 Å². The van der Waals surface area contributed by atoms with Crippen LogP contribution in [0.3, 0.4) is 0 Å². The van der Waals surface area contributed by atoms with Gasteiger partial charge >= 0.3 is 0 Å². The highest BCUT2D eigenvalue weighted by Gasteiger charge is 2.33. The molecular formula is C24H27N3O2. The summed E-state index contributed by atoms with van der Waals surface area (Å²) in [4.78, 5) is 19.3. The maximum atomic E-state index is 12.6. The Bertz CT molecular complexity index is 987. The van der Waals surface area contributed by atoms with Crippen molar-refractivity contribution in [1.82, 2.24) is 15.2 Å². The number of nitrogens with zero attached hydrogens (tertiary/aromatic N) is 2. The highest BCUT2D eigenvalue weighted by Crippen LogP contribution is 2.32. The number of para-hydroxylation sites is 1. The minimum absolute atomic E-state index is 0.0949. The van der Waals surface area contributed by atoms with Gasteiger partial charge in [0.1, 0.15) is 0 Å². The Morgan fingerprint density at radius 3 is 2.59 bits per heavy atom. The van der Waals surface area contributed by atoms with Crippen LogP contribution in [0.2, 0.25) is 0 Å². The molecule has 1 saturated heterocycles. The molecule has 1 aromatic heterocycles. The second-order valence-electron chi connectivity index (χ2n) is 7.88. The minimum Gasteiger partial charge on any atom is -0.385 e. The molecule has 3 aromatic rings.